The van der Waals surface area contributed by atoms with E-state index < -0.39 is 0 Å². The summed E-state index contributed by atoms with van der Waals surface area (Å²) in [5.41, 5.74) is 0.525. The number of benzene rings is 1. The van der Waals surface area contributed by atoms with Gasteiger partial charge in [0.05, 0.1) is 5.39 Å². The summed E-state index contributed by atoms with van der Waals surface area (Å²) < 4.78 is 5.55. The van der Waals surface area contributed by atoms with Crippen LogP contribution in [0.2, 0.25) is 0 Å². The Morgan fingerprint density at radius 2 is 1.72 bits per heavy atom. The zero-order chi connectivity index (χ0) is 12.5. The van der Waals surface area contributed by atoms with Crippen LogP contribution in [0.4, 0.5) is 0 Å². The molecule has 1 aromatic carbocycles. The Balaban J connectivity index is 2.34. The summed E-state index contributed by atoms with van der Waals surface area (Å²) in [6, 6.07) is 13.5. The van der Waals surface area contributed by atoms with E-state index in [1.807, 2.05) is 30.3 Å². The SMILES string of the molecule is O=c1ccc2c(=O)cc(-c3ccccc3)oc2[nH]1. The molecule has 88 valence electrons. The lowest BCUT2D eigenvalue weighted by atomic mass is 10.1. The van der Waals surface area contributed by atoms with Crippen molar-refractivity contribution in [1.29, 1.82) is 0 Å². The smallest absolute Gasteiger partial charge is 0.250 e. The molecule has 0 atom stereocenters. The van der Waals surface area contributed by atoms with E-state index in [2.05, 4.69) is 4.98 Å². The van der Waals surface area contributed by atoms with Gasteiger partial charge >= 0.3 is 0 Å². The fraction of sp³-hybridized carbons (Fsp3) is 0. The van der Waals surface area contributed by atoms with Crippen LogP contribution in [0.3, 0.4) is 0 Å². The molecule has 0 unspecified atom stereocenters. The van der Waals surface area contributed by atoms with E-state index in [1.54, 1.807) is 0 Å². The van der Waals surface area contributed by atoms with E-state index in [1.165, 1.54) is 18.2 Å². The Morgan fingerprint density at radius 3 is 2.50 bits per heavy atom. The molecule has 0 saturated carbocycles. The van der Waals surface area contributed by atoms with Crippen molar-refractivity contribution >= 4 is 11.1 Å². The average molecular weight is 239 g/mol. The summed E-state index contributed by atoms with van der Waals surface area (Å²) in [6.45, 7) is 0. The number of rotatable bonds is 1. The first-order valence-corrected chi connectivity index (χ1v) is 5.47. The molecule has 4 heteroatoms. The molecule has 2 aromatic heterocycles. The molecule has 0 fully saturated rings. The van der Waals surface area contributed by atoms with E-state index >= 15 is 0 Å². The van der Waals surface area contributed by atoms with Crippen LogP contribution in [-0.4, -0.2) is 4.98 Å². The van der Waals surface area contributed by atoms with Crippen molar-refractivity contribution in [2.45, 2.75) is 0 Å². The minimum absolute atomic E-state index is 0.175. The van der Waals surface area contributed by atoms with E-state index in [0.717, 1.165) is 5.56 Å². The predicted octanol–water partition coefficient (Wildman–Crippen LogP) is 2.15. The molecule has 0 aliphatic carbocycles. The lowest BCUT2D eigenvalue weighted by molar-refractivity contribution is 0.604. The highest BCUT2D eigenvalue weighted by atomic mass is 16.3. The Labute approximate surface area is 102 Å². The van der Waals surface area contributed by atoms with Crippen LogP contribution < -0.4 is 11.0 Å². The predicted molar refractivity (Wildman–Crippen MR) is 68.5 cm³/mol. The summed E-state index contributed by atoms with van der Waals surface area (Å²) in [6.07, 6.45) is 0. The highest BCUT2D eigenvalue weighted by Gasteiger charge is 2.06. The van der Waals surface area contributed by atoms with Crippen molar-refractivity contribution in [3.05, 3.63) is 69.1 Å². The third kappa shape index (κ3) is 1.73. The molecule has 4 nitrogen and oxygen atoms in total. The van der Waals surface area contributed by atoms with Gasteiger partial charge in [0.15, 0.2) is 5.43 Å². The standard InChI is InChI=1S/C14H9NO3/c16-11-8-12(9-4-2-1-3-5-9)18-14-10(11)6-7-13(17)15-14/h1-8H,(H,15,17). The second kappa shape index (κ2) is 4.00. The molecule has 0 radical (unpaired) electrons. The van der Waals surface area contributed by atoms with Gasteiger partial charge in [-0.3, -0.25) is 14.6 Å². The molecule has 0 aliphatic heterocycles. The van der Waals surface area contributed by atoms with Gasteiger partial charge in [0.25, 0.3) is 5.56 Å². The van der Waals surface area contributed by atoms with Gasteiger partial charge in [0.2, 0.25) is 5.71 Å². The Kier molecular flexibility index (Phi) is 2.34. The van der Waals surface area contributed by atoms with Crippen molar-refractivity contribution in [2.75, 3.05) is 0 Å². The number of hydrogen-bond acceptors (Lipinski definition) is 3. The maximum Gasteiger partial charge on any atom is 0.250 e. The minimum atomic E-state index is -0.295. The average Bonchev–Trinajstić information content (AvgIpc) is 2.39. The van der Waals surface area contributed by atoms with Gasteiger partial charge in [-0.2, -0.15) is 0 Å². The zero-order valence-corrected chi connectivity index (χ0v) is 9.34. The van der Waals surface area contributed by atoms with Gasteiger partial charge < -0.3 is 4.42 Å². The number of aromatic amines is 1. The number of pyridine rings is 1. The molecular weight excluding hydrogens is 230 g/mol. The maximum atomic E-state index is 11.9. The molecule has 3 aromatic rings. The van der Waals surface area contributed by atoms with Crippen LogP contribution in [0.5, 0.6) is 0 Å². The van der Waals surface area contributed by atoms with Crippen LogP contribution in [0.15, 0.2) is 62.5 Å². The van der Waals surface area contributed by atoms with Gasteiger partial charge in [-0.05, 0) is 6.07 Å². The quantitative estimate of drug-likeness (QED) is 0.707. The Morgan fingerprint density at radius 1 is 0.944 bits per heavy atom. The number of nitrogens with one attached hydrogen (secondary N) is 1. The van der Waals surface area contributed by atoms with Gasteiger partial charge in [0, 0.05) is 17.7 Å². The first-order chi connectivity index (χ1) is 8.74. The monoisotopic (exact) mass is 239 g/mol. The molecule has 0 bridgehead atoms. The van der Waals surface area contributed by atoms with Gasteiger partial charge in [-0.1, -0.05) is 30.3 Å². The number of hydrogen-bond donors (Lipinski definition) is 1. The summed E-state index contributed by atoms with van der Waals surface area (Å²) in [5.74, 6) is 0.440. The highest BCUT2D eigenvalue weighted by molar-refractivity contribution is 5.74. The molecule has 18 heavy (non-hydrogen) atoms. The first-order valence-electron chi connectivity index (χ1n) is 5.47. The zero-order valence-electron chi connectivity index (χ0n) is 9.34. The Bertz CT molecular complexity index is 816. The second-order valence-electron chi connectivity index (χ2n) is 3.91. The first kappa shape index (κ1) is 10.5. The summed E-state index contributed by atoms with van der Waals surface area (Å²) in [4.78, 5) is 25.6. The van der Waals surface area contributed by atoms with Crippen molar-refractivity contribution in [3.63, 3.8) is 0 Å². The van der Waals surface area contributed by atoms with Crippen LogP contribution in [0.25, 0.3) is 22.4 Å². The maximum absolute atomic E-state index is 11.9. The highest BCUT2D eigenvalue weighted by Crippen LogP contribution is 2.19. The molecule has 1 N–H and O–H groups in total. The molecule has 0 spiro atoms. The van der Waals surface area contributed by atoms with Crippen LogP contribution in [-0.2, 0) is 0 Å². The van der Waals surface area contributed by atoms with Crippen molar-refractivity contribution in [2.24, 2.45) is 0 Å². The summed E-state index contributed by atoms with van der Waals surface area (Å²) >= 11 is 0. The van der Waals surface area contributed by atoms with Crippen molar-refractivity contribution in [3.8, 4) is 11.3 Å². The molecule has 2 heterocycles. The fourth-order valence-electron chi connectivity index (χ4n) is 1.81. The van der Waals surface area contributed by atoms with E-state index in [0.29, 0.717) is 11.1 Å². The number of aromatic nitrogens is 1. The number of H-pyrrole nitrogens is 1. The lowest BCUT2D eigenvalue weighted by Gasteiger charge is -2.02. The van der Waals surface area contributed by atoms with Crippen molar-refractivity contribution in [1.82, 2.24) is 4.98 Å². The van der Waals surface area contributed by atoms with Gasteiger partial charge in [0.1, 0.15) is 5.76 Å². The van der Waals surface area contributed by atoms with Gasteiger partial charge in [-0.25, -0.2) is 0 Å². The molecule has 3 rings (SSSR count). The van der Waals surface area contributed by atoms with Crippen LogP contribution >= 0.6 is 0 Å². The lowest BCUT2D eigenvalue weighted by Crippen LogP contribution is -2.08. The van der Waals surface area contributed by atoms with E-state index in [4.69, 9.17) is 4.42 Å². The van der Waals surface area contributed by atoms with Crippen molar-refractivity contribution < 1.29 is 4.42 Å². The second-order valence-corrected chi connectivity index (χ2v) is 3.91. The third-order valence-electron chi connectivity index (χ3n) is 2.68. The normalized spacial score (nSPS) is 10.7. The van der Waals surface area contributed by atoms with E-state index in [-0.39, 0.29) is 16.7 Å². The van der Waals surface area contributed by atoms with Crippen LogP contribution in [0, 0.1) is 0 Å². The van der Waals surface area contributed by atoms with Gasteiger partial charge in [-0.15, -0.1) is 0 Å². The summed E-state index contributed by atoms with van der Waals surface area (Å²) in [7, 11) is 0. The molecule has 0 aliphatic rings. The minimum Gasteiger partial charge on any atom is -0.439 e. The third-order valence-corrected chi connectivity index (χ3v) is 2.68. The molecule has 0 saturated heterocycles. The summed E-state index contributed by atoms with van der Waals surface area (Å²) in [5, 5.41) is 0.370. The fourth-order valence-corrected chi connectivity index (χ4v) is 1.81. The Hall–Kier alpha value is -2.62. The topological polar surface area (TPSA) is 63.1 Å². The largest absolute Gasteiger partial charge is 0.439 e. The number of fused-ring (bicyclic) bond motifs is 1. The van der Waals surface area contributed by atoms with E-state index in [9.17, 15) is 9.59 Å². The van der Waals surface area contributed by atoms with Crippen LogP contribution in [0.1, 0.15) is 0 Å². The molecule has 0 amide bonds. The molecular formula is C14H9NO3.